The zero-order valence-corrected chi connectivity index (χ0v) is 17.1. The number of aromatic nitrogens is 2. The van der Waals surface area contributed by atoms with Crippen LogP contribution in [0.2, 0.25) is 0 Å². The molecule has 0 saturated carbocycles. The second-order valence-corrected chi connectivity index (χ2v) is 9.62. The molecule has 0 fully saturated rings. The highest BCUT2D eigenvalue weighted by molar-refractivity contribution is 9.10. The zero-order valence-electron chi connectivity index (χ0n) is 13.1. The van der Waals surface area contributed by atoms with E-state index in [0.717, 1.165) is 20.6 Å². The molecule has 2 rings (SSSR count). The summed E-state index contributed by atoms with van der Waals surface area (Å²) in [7, 11) is -3.61. The molecule has 0 aliphatic carbocycles. The lowest BCUT2D eigenvalue weighted by Gasteiger charge is -2.22. The van der Waals surface area contributed by atoms with Crippen LogP contribution in [-0.4, -0.2) is 43.6 Å². The number of halogens is 1. The van der Waals surface area contributed by atoms with E-state index in [4.69, 9.17) is 0 Å². The number of hydrogen-bond donors (Lipinski definition) is 1. The third-order valence-electron chi connectivity index (χ3n) is 2.94. The minimum absolute atomic E-state index is 0.338. The van der Waals surface area contributed by atoms with Gasteiger partial charge in [-0.2, -0.15) is 0 Å². The van der Waals surface area contributed by atoms with E-state index in [0.29, 0.717) is 15.2 Å². The topological polar surface area (TPSA) is 92.3 Å². The Labute approximate surface area is 157 Å². The molecule has 0 atom stereocenters. The zero-order chi connectivity index (χ0) is 17.9. The van der Waals surface area contributed by atoms with E-state index >= 15 is 0 Å². The first-order valence-electron chi connectivity index (χ1n) is 6.62. The second-order valence-electron chi connectivity index (χ2n) is 4.83. The van der Waals surface area contributed by atoms with Gasteiger partial charge in [-0.15, -0.1) is 10.2 Å². The lowest BCUT2D eigenvalue weighted by molar-refractivity contribution is -0.114. The number of amides is 1. The van der Waals surface area contributed by atoms with Gasteiger partial charge in [-0.25, -0.2) is 8.42 Å². The highest BCUT2D eigenvalue weighted by Gasteiger charge is 2.22. The summed E-state index contributed by atoms with van der Waals surface area (Å²) in [4.78, 5) is 12.2. The van der Waals surface area contributed by atoms with Gasteiger partial charge in [0.15, 0.2) is 4.34 Å². The van der Waals surface area contributed by atoms with Crippen LogP contribution in [0.3, 0.4) is 0 Å². The van der Waals surface area contributed by atoms with Gasteiger partial charge in [0.1, 0.15) is 6.54 Å². The minimum atomic E-state index is -3.61. The number of rotatable bonds is 6. The molecule has 0 bridgehead atoms. The van der Waals surface area contributed by atoms with Crippen molar-refractivity contribution in [2.24, 2.45) is 0 Å². The van der Waals surface area contributed by atoms with Crippen molar-refractivity contribution >= 4 is 65.8 Å². The molecule has 1 amide bonds. The van der Waals surface area contributed by atoms with Crippen molar-refractivity contribution in [1.82, 2.24) is 10.2 Å². The molecule has 0 aliphatic heterocycles. The number of sulfonamides is 1. The van der Waals surface area contributed by atoms with Gasteiger partial charge in [0.05, 0.1) is 11.9 Å². The normalized spacial score (nSPS) is 11.3. The Bertz CT molecular complexity index is 854. The Morgan fingerprint density at radius 2 is 2.12 bits per heavy atom. The predicted octanol–water partition coefficient (Wildman–Crippen LogP) is 2.74. The first-order chi connectivity index (χ1) is 11.2. The lowest BCUT2D eigenvalue weighted by atomic mass is 10.2. The lowest BCUT2D eigenvalue weighted by Crippen LogP contribution is -2.37. The number of anilines is 2. The molecule has 0 radical (unpaired) electrons. The smallest absolute Gasteiger partial charge is 0.246 e. The first-order valence-corrected chi connectivity index (χ1v) is 11.3. The molecule has 1 aromatic heterocycles. The summed E-state index contributed by atoms with van der Waals surface area (Å²) < 4.78 is 26.8. The van der Waals surface area contributed by atoms with Crippen LogP contribution < -0.4 is 9.62 Å². The largest absolute Gasteiger partial charge is 0.299 e. The van der Waals surface area contributed by atoms with Crippen LogP contribution in [0.25, 0.3) is 0 Å². The number of nitrogens with one attached hydrogen (secondary N) is 1. The summed E-state index contributed by atoms with van der Waals surface area (Å²) >= 11 is 6.02. The Balaban J connectivity index is 2.19. The van der Waals surface area contributed by atoms with Crippen molar-refractivity contribution in [3.63, 3.8) is 0 Å². The standard InChI is InChI=1S/C13H15BrN4O3S3/c1-8-6-9(4-5-10(8)14)18(24(3,20)21)7-11(19)15-12-16-17-13(22-2)23-12/h4-6H,7H2,1-3H3,(H,15,16,19). The number of carbonyl (C=O) groups is 1. The number of carbonyl (C=O) groups excluding carboxylic acids is 1. The molecular weight excluding hydrogens is 436 g/mol. The van der Waals surface area contributed by atoms with Crippen molar-refractivity contribution in [3.05, 3.63) is 28.2 Å². The molecular formula is C13H15BrN4O3S3. The number of benzene rings is 1. The number of aryl methyl sites for hydroxylation is 1. The summed E-state index contributed by atoms with van der Waals surface area (Å²) in [5.41, 5.74) is 1.30. The van der Waals surface area contributed by atoms with Crippen LogP contribution in [0.1, 0.15) is 5.56 Å². The molecule has 1 aromatic carbocycles. The van der Waals surface area contributed by atoms with Crippen LogP contribution in [0, 0.1) is 6.92 Å². The third-order valence-corrected chi connectivity index (χ3v) is 6.79. The Morgan fingerprint density at radius 1 is 1.42 bits per heavy atom. The highest BCUT2D eigenvalue weighted by atomic mass is 79.9. The van der Waals surface area contributed by atoms with E-state index in [2.05, 4.69) is 31.4 Å². The van der Waals surface area contributed by atoms with Crippen molar-refractivity contribution in [2.45, 2.75) is 11.3 Å². The summed E-state index contributed by atoms with van der Waals surface area (Å²) in [5, 5.41) is 10.6. The van der Waals surface area contributed by atoms with Gasteiger partial charge in [0.25, 0.3) is 0 Å². The monoisotopic (exact) mass is 450 g/mol. The number of thioether (sulfide) groups is 1. The molecule has 0 spiro atoms. The van der Waals surface area contributed by atoms with Crippen LogP contribution >= 0.6 is 39.0 Å². The molecule has 130 valence electrons. The fraction of sp³-hybridized carbons (Fsp3) is 0.308. The summed E-state index contributed by atoms with van der Waals surface area (Å²) in [6.45, 7) is 1.51. The quantitative estimate of drug-likeness (QED) is 0.537. The average molecular weight is 451 g/mol. The summed E-state index contributed by atoms with van der Waals surface area (Å²) in [6.07, 6.45) is 2.92. The van der Waals surface area contributed by atoms with Gasteiger partial charge in [0, 0.05) is 4.47 Å². The second kappa shape index (κ2) is 7.81. The molecule has 7 nitrogen and oxygen atoms in total. The first kappa shape index (κ1) is 19.2. The van der Waals surface area contributed by atoms with Crippen LogP contribution in [0.15, 0.2) is 27.0 Å². The van der Waals surface area contributed by atoms with Gasteiger partial charge in [0.2, 0.25) is 21.1 Å². The third kappa shape index (κ3) is 4.91. The van der Waals surface area contributed by atoms with Gasteiger partial charge in [-0.3, -0.25) is 14.4 Å². The van der Waals surface area contributed by atoms with Crippen LogP contribution in [-0.2, 0) is 14.8 Å². The average Bonchev–Trinajstić information content (AvgIpc) is 2.94. The summed E-state index contributed by atoms with van der Waals surface area (Å²) in [6, 6.07) is 5.09. The molecule has 0 aliphatic rings. The van der Waals surface area contributed by atoms with Crippen LogP contribution in [0.5, 0.6) is 0 Å². The van der Waals surface area contributed by atoms with E-state index < -0.39 is 15.9 Å². The molecule has 1 N–H and O–H groups in total. The van der Waals surface area contributed by atoms with E-state index in [1.165, 1.54) is 23.1 Å². The molecule has 0 unspecified atom stereocenters. The Hall–Kier alpha value is -1.17. The van der Waals surface area contributed by atoms with Gasteiger partial charge in [-0.1, -0.05) is 39.0 Å². The molecule has 1 heterocycles. The van der Waals surface area contributed by atoms with Crippen LogP contribution in [0.4, 0.5) is 10.8 Å². The summed E-state index contributed by atoms with van der Waals surface area (Å²) in [5.74, 6) is -0.482. The highest BCUT2D eigenvalue weighted by Crippen LogP contribution is 2.25. The minimum Gasteiger partial charge on any atom is -0.299 e. The maximum atomic E-state index is 12.2. The van der Waals surface area contributed by atoms with E-state index in [9.17, 15) is 13.2 Å². The fourth-order valence-corrected chi connectivity index (χ4v) is 4.10. The maximum Gasteiger partial charge on any atom is 0.246 e. The van der Waals surface area contributed by atoms with Gasteiger partial charge in [-0.05, 0) is 36.9 Å². The molecule has 24 heavy (non-hydrogen) atoms. The Morgan fingerprint density at radius 3 is 2.67 bits per heavy atom. The van der Waals surface area contributed by atoms with Crippen molar-refractivity contribution in [3.8, 4) is 0 Å². The van der Waals surface area contributed by atoms with Gasteiger partial charge < -0.3 is 0 Å². The Kier molecular flexibility index (Phi) is 6.23. The molecule has 2 aromatic rings. The van der Waals surface area contributed by atoms with Gasteiger partial charge >= 0.3 is 0 Å². The predicted molar refractivity (Wildman–Crippen MR) is 101 cm³/mol. The fourth-order valence-electron chi connectivity index (χ4n) is 1.82. The van der Waals surface area contributed by atoms with E-state index in [-0.39, 0.29) is 6.54 Å². The van der Waals surface area contributed by atoms with E-state index in [1.807, 2.05) is 13.2 Å². The van der Waals surface area contributed by atoms with Crippen molar-refractivity contribution < 1.29 is 13.2 Å². The number of hydrogen-bond acceptors (Lipinski definition) is 7. The van der Waals surface area contributed by atoms with Crippen molar-refractivity contribution in [1.29, 1.82) is 0 Å². The number of nitrogens with zero attached hydrogens (tertiary/aromatic N) is 3. The van der Waals surface area contributed by atoms with E-state index in [1.54, 1.807) is 18.2 Å². The van der Waals surface area contributed by atoms with Crippen molar-refractivity contribution in [2.75, 3.05) is 28.7 Å². The molecule has 11 heteroatoms. The SMILES string of the molecule is CSc1nnc(NC(=O)CN(c2ccc(Br)c(C)c2)S(C)(=O)=O)s1. The molecule has 0 saturated heterocycles. The maximum absolute atomic E-state index is 12.2.